The van der Waals surface area contributed by atoms with Gasteiger partial charge in [0.05, 0.1) is 148 Å². The molecule has 734 valence electrons. The Morgan fingerprint density at radius 2 is 0.461 bits per heavy atom. The molecular formula is C84H152N18O26. The molecule has 0 rings (SSSR count). The largest absolute Gasteiger partial charge is 0.469 e. The highest BCUT2D eigenvalue weighted by Crippen LogP contribution is 2.02. The lowest BCUT2D eigenvalue weighted by molar-refractivity contribution is -0.143. The Labute approximate surface area is 761 Å². The quantitative estimate of drug-likeness (QED) is 0.0257. The molecule has 0 unspecified atom stereocenters. The number of rotatable bonds is 71. The molecule has 44 nitrogen and oxygen atoms in total. The van der Waals surface area contributed by atoms with E-state index < -0.39 is 0 Å². The molecule has 0 aliphatic heterocycles. The molecule has 0 bridgehead atoms. The van der Waals surface area contributed by atoms with Crippen LogP contribution in [0.15, 0.2) is 0 Å². The topological polar surface area (TPSA) is 579 Å². The van der Waals surface area contributed by atoms with E-state index in [1.54, 1.807) is 35.5 Å². The number of aliphatic hydroxyl groups is 3. The molecule has 0 fully saturated rings. The predicted molar refractivity (Wildman–Crippen MR) is 468 cm³/mol. The van der Waals surface area contributed by atoms with Crippen molar-refractivity contribution < 1.29 is 125 Å². The van der Waals surface area contributed by atoms with Crippen LogP contribution in [-0.4, -0.2) is 441 Å². The van der Waals surface area contributed by atoms with Gasteiger partial charge in [-0.1, -0.05) is 13.8 Å². The highest BCUT2D eigenvalue weighted by molar-refractivity contribution is 5.70. The Kier molecular flexibility index (Phi) is 127. The first-order chi connectivity index (χ1) is 61.9. The third-order valence-electron chi connectivity index (χ3n) is 16.2. The van der Waals surface area contributed by atoms with Crippen molar-refractivity contribution in [2.75, 3.05) is 333 Å². The molecule has 0 aromatic heterocycles. The number of aliphatic hydroxyl groups excluding tert-OH is 3. The van der Waals surface area contributed by atoms with Crippen LogP contribution in [0.2, 0.25) is 0 Å². The molecular weight excluding hydrogens is 1680 g/mol. The molecule has 0 atom stereocenters. The summed E-state index contributed by atoms with van der Waals surface area (Å²) in [6, 6.07) is 18.6. The van der Waals surface area contributed by atoms with Crippen LogP contribution in [0.5, 0.6) is 0 Å². The normalized spacial score (nSPS) is 9.94. The minimum Gasteiger partial charge on any atom is -0.469 e. The number of hydrogen-bond acceptors (Lipinski definition) is 44. The molecule has 0 radical (unpaired) electrons. The monoisotopic (exact) mass is 1830 g/mol. The van der Waals surface area contributed by atoms with E-state index in [2.05, 4.69) is 76.5 Å². The number of nitriles is 9. The first kappa shape index (κ1) is 136. The summed E-state index contributed by atoms with van der Waals surface area (Å²) < 4.78 is 71.9. The summed E-state index contributed by atoms with van der Waals surface area (Å²) in [6.07, 6.45) is 5.11. The second kappa shape index (κ2) is 119. The minimum atomic E-state index is -0.335. The summed E-state index contributed by atoms with van der Waals surface area (Å²) in [4.78, 5) is 102. The van der Waals surface area contributed by atoms with Gasteiger partial charge in [-0.3, -0.25) is 77.6 Å². The molecule has 44 heteroatoms. The zero-order valence-electron chi connectivity index (χ0n) is 78.6. The van der Waals surface area contributed by atoms with E-state index in [1.807, 2.05) is 59.7 Å². The Morgan fingerprint density at radius 3 is 0.648 bits per heavy atom. The number of nitrogens with zero attached hydrogens (tertiary/aromatic N) is 18. The van der Waals surface area contributed by atoms with Crippen molar-refractivity contribution in [1.82, 2.24) is 44.1 Å². The summed E-state index contributed by atoms with van der Waals surface area (Å²) in [6.45, 7) is 32.2. The van der Waals surface area contributed by atoms with Gasteiger partial charge in [0, 0.05) is 278 Å². The van der Waals surface area contributed by atoms with Crippen LogP contribution in [0, 0.1) is 102 Å². The fraction of sp³-hybridized carbons (Fsp3) is 0.798. The molecule has 0 aromatic carbocycles. The second-order valence-corrected chi connectivity index (χ2v) is 25.6. The van der Waals surface area contributed by atoms with Gasteiger partial charge >= 0.3 is 35.8 Å². The van der Waals surface area contributed by atoms with E-state index in [0.717, 1.165) is 65.4 Å². The van der Waals surface area contributed by atoms with Crippen LogP contribution in [0.25, 0.3) is 0 Å². The van der Waals surface area contributed by atoms with Crippen molar-refractivity contribution in [3.63, 3.8) is 0 Å². The van der Waals surface area contributed by atoms with Gasteiger partial charge in [-0.25, -0.2) is 0 Å². The minimum absolute atomic E-state index is 0.0343. The first-order valence-electron chi connectivity index (χ1n) is 41.9. The number of esters is 6. The van der Waals surface area contributed by atoms with Crippen molar-refractivity contribution in [2.45, 2.75) is 112 Å². The Bertz CT molecular complexity index is 2900. The van der Waals surface area contributed by atoms with Gasteiger partial charge in [-0.05, 0) is 13.1 Å². The Hall–Kier alpha value is -9.59. The number of carbonyl (C=O) groups excluding carboxylic acids is 8. The molecule has 0 aliphatic rings. The predicted octanol–water partition coefficient (Wildman–Crippen LogP) is 1.74. The molecule has 0 aromatic rings. The van der Waals surface area contributed by atoms with Crippen molar-refractivity contribution >= 4 is 48.8 Å². The number of carbonyl (C=O) groups is 8. The summed E-state index contributed by atoms with van der Waals surface area (Å²) in [5, 5.41) is 102. The number of methoxy groups -OCH3 is 8. The standard InChI is InChI=1S/C11H18N2O4.C11H22N2O4.C11H18N2O4.C10H18N2O3.C9H14N2O4.C9H16N2O3.C9H18N2O2.C7H14N2O2.C7H14N2/c1-10(14)17-9-8-13(6-3-5-12)7-4-11(15)16-2;1-14-10-16-8-6-13(5-3-4-12)7-9-17-11-15-2;1-10(14)16-8-6-13(5-3-4-12)7-9-17-11(2)15;1-14-9-8-12(6-3-5-11)7-4-10(13)15-2;10-2-1-3-11(4-6-14-8-12)5-7-15-9-13;1-14-9(13)3-6-11(7-8-12)5-2-4-10;1-12-8-6-11(5-3-4-10)7-9-13-2;8-2-1-3-9(4-6-10)5-7-11;1-3-9(4-2)7-5-6-8/h3-4,6-9H2,1-2H3;3,5-11H2,1-2H3;3,5-9H2,1-2H3;3-4,6-9H2,1-2H3;8-9H,1,3-7H2;12H,2-3,5-8H2,1H3;3,5-9H2,1-2H3;10-11H,1,3-7H2;3-5,7H2,1-2H3. The van der Waals surface area contributed by atoms with Gasteiger partial charge in [0.1, 0.15) is 46.6 Å². The highest BCUT2D eigenvalue weighted by atomic mass is 16.7. The van der Waals surface area contributed by atoms with E-state index in [9.17, 15) is 38.4 Å². The summed E-state index contributed by atoms with van der Waals surface area (Å²) >= 11 is 0. The van der Waals surface area contributed by atoms with E-state index in [1.165, 1.54) is 42.1 Å². The zero-order valence-corrected chi connectivity index (χ0v) is 78.6. The average molecular weight is 1830 g/mol. The first-order valence-corrected chi connectivity index (χ1v) is 41.9. The highest BCUT2D eigenvalue weighted by Gasteiger charge is 2.14. The van der Waals surface area contributed by atoms with Gasteiger partial charge in [-0.15, -0.1) is 0 Å². The zero-order chi connectivity index (χ0) is 98.2. The van der Waals surface area contributed by atoms with Crippen LogP contribution >= 0.6 is 0 Å². The molecule has 0 saturated carbocycles. The summed E-state index contributed by atoms with van der Waals surface area (Å²) in [5.41, 5.74) is 0. The summed E-state index contributed by atoms with van der Waals surface area (Å²) in [7, 11) is 12.2. The molecule has 128 heavy (non-hydrogen) atoms. The van der Waals surface area contributed by atoms with E-state index in [-0.39, 0.29) is 95.1 Å². The van der Waals surface area contributed by atoms with Crippen LogP contribution in [0.3, 0.4) is 0 Å². The van der Waals surface area contributed by atoms with Crippen molar-refractivity contribution in [3.05, 3.63) is 0 Å². The SMILES string of the molecule is CC(=O)OCCN(CCC#N)CCOC(C)=O.CCN(CC)CCC#N.COC(=O)CCN(CCC#N)CCOC(C)=O.COC(=O)CCN(CCO)CCC#N.COCCN(CCC#N)CCC(=O)OC.COCCN(CCC#N)CCOC.COCOCCN(CCC#N)CCOCOC.N#CCCN(CCO)CCO.N#CCCN(CCOC=O)CCOC=O. The number of hydrogen-bond donors (Lipinski definition) is 3. The van der Waals surface area contributed by atoms with E-state index in [4.69, 9.17) is 110 Å². The fourth-order valence-corrected chi connectivity index (χ4v) is 9.32. The van der Waals surface area contributed by atoms with Crippen molar-refractivity contribution in [2.24, 2.45) is 0 Å². The molecule has 0 saturated heterocycles. The molecule has 0 aliphatic carbocycles. The van der Waals surface area contributed by atoms with E-state index in [0.29, 0.717) is 241 Å². The van der Waals surface area contributed by atoms with Crippen LogP contribution in [-0.2, 0) is 109 Å². The van der Waals surface area contributed by atoms with Crippen LogP contribution in [0.4, 0.5) is 0 Å². The van der Waals surface area contributed by atoms with Crippen molar-refractivity contribution in [1.29, 1.82) is 47.4 Å². The average Bonchev–Trinajstić information content (AvgIpc) is 0.988. The van der Waals surface area contributed by atoms with Gasteiger partial charge in [-0.2, -0.15) is 47.4 Å². The molecule has 3 N–H and O–H groups in total. The summed E-state index contributed by atoms with van der Waals surface area (Å²) in [5.74, 6) is -1.78. The lowest BCUT2D eigenvalue weighted by atomic mass is 10.3. The van der Waals surface area contributed by atoms with Gasteiger partial charge in [0.15, 0.2) is 0 Å². The van der Waals surface area contributed by atoms with E-state index >= 15 is 0 Å². The number of ether oxygens (including phenoxy) is 15. The molecule has 0 amide bonds. The third-order valence-corrected chi connectivity index (χ3v) is 16.2. The van der Waals surface area contributed by atoms with Gasteiger partial charge in [0.25, 0.3) is 12.9 Å². The Balaban J connectivity index is -0.000000179. The van der Waals surface area contributed by atoms with Crippen molar-refractivity contribution in [3.8, 4) is 54.6 Å². The van der Waals surface area contributed by atoms with Gasteiger partial charge < -0.3 is 91.3 Å². The van der Waals surface area contributed by atoms with Crippen LogP contribution in [0.1, 0.15) is 112 Å². The molecule has 0 spiro atoms. The van der Waals surface area contributed by atoms with Crippen LogP contribution < -0.4 is 0 Å². The maximum Gasteiger partial charge on any atom is 0.306 e. The Morgan fingerprint density at radius 1 is 0.266 bits per heavy atom. The molecule has 0 heterocycles. The third kappa shape index (κ3) is 123. The maximum atomic E-state index is 11.0. The lowest BCUT2D eigenvalue weighted by Gasteiger charge is -2.20. The smallest absolute Gasteiger partial charge is 0.306 e. The van der Waals surface area contributed by atoms with Gasteiger partial charge in [0.2, 0.25) is 0 Å². The second-order valence-electron chi connectivity index (χ2n) is 25.6. The lowest BCUT2D eigenvalue weighted by Crippen LogP contribution is -2.32. The maximum absolute atomic E-state index is 11.0. The fourth-order valence-electron chi connectivity index (χ4n) is 9.32.